The van der Waals surface area contributed by atoms with Gasteiger partial charge in [0.2, 0.25) is 0 Å². The summed E-state index contributed by atoms with van der Waals surface area (Å²) in [4.78, 5) is 12.2. The molecule has 1 rings (SSSR count). The van der Waals surface area contributed by atoms with Gasteiger partial charge in [-0.05, 0) is 0 Å². The molecule has 0 aliphatic carbocycles. The molecule has 0 aromatic carbocycles. The Morgan fingerprint density at radius 2 is 1.82 bits per heavy atom. The van der Waals surface area contributed by atoms with Gasteiger partial charge in [0.1, 0.15) is 0 Å². The van der Waals surface area contributed by atoms with Gasteiger partial charge in [-0.2, -0.15) is 0 Å². The number of hydrogen-bond acceptors (Lipinski definition) is 1. The second-order valence-electron chi connectivity index (χ2n) is 3.48. The third-order valence-corrected chi connectivity index (χ3v) is 2.38. The van der Waals surface area contributed by atoms with Crippen molar-refractivity contribution in [3.63, 3.8) is 0 Å². The van der Waals surface area contributed by atoms with Crippen LogP contribution in [0.5, 0.6) is 0 Å². The first-order valence-corrected chi connectivity index (χ1v) is 5.23. The molecule has 0 unspecified atom stereocenters. The van der Waals surface area contributed by atoms with E-state index in [0.29, 0.717) is 16.6 Å². The molecule has 0 atom stereocenters. The zero-order chi connectivity index (χ0) is 12.8. The molecule has 0 bridgehead atoms. The van der Waals surface area contributed by atoms with Crippen molar-refractivity contribution in [2.24, 2.45) is 0 Å². The molecule has 0 saturated heterocycles. The standard InChI is InChI=1S/C15H14BO/c1-5-8-10-13-14(7-3)16-11(4)12(9-6-2)15(13)17/h5-10H,1-4H2/b10-8-,12-9+. The SMILES string of the molecule is C=C/C=C\C1=C(C=C)[B]C(=C)/C(=C\C=C)C1=O. The van der Waals surface area contributed by atoms with E-state index >= 15 is 0 Å². The summed E-state index contributed by atoms with van der Waals surface area (Å²) in [5, 5.41) is 0. The Balaban J connectivity index is 3.33. The maximum Gasteiger partial charge on any atom is 0.192 e. The predicted molar refractivity (Wildman–Crippen MR) is 74.7 cm³/mol. The van der Waals surface area contributed by atoms with Crippen molar-refractivity contribution in [3.05, 3.63) is 84.9 Å². The van der Waals surface area contributed by atoms with E-state index in [1.165, 1.54) is 0 Å². The molecule has 0 aromatic rings. The van der Waals surface area contributed by atoms with Gasteiger partial charge in [-0.3, -0.25) is 4.79 Å². The van der Waals surface area contributed by atoms with E-state index in [0.717, 1.165) is 5.47 Å². The van der Waals surface area contributed by atoms with Crippen molar-refractivity contribution in [2.75, 3.05) is 0 Å². The van der Waals surface area contributed by atoms with Crippen molar-refractivity contribution in [1.29, 1.82) is 0 Å². The fraction of sp³-hybridized carbons (Fsp3) is 0. The maximum absolute atomic E-state index is 12.2. The van der Waals surface area contributed by atoms with E-state index in [1.54, 1.807) is 36.5 Å². The number of hydrogen-bond donors (Lipinski definition) is 0. The lowest BCUT2D eigenvalue weighted by molar-refractivity contribution is -0.111. The Morgan fingerprint density at radius 1 is 1.12 bits per heavy atom. The molecule has 83 valence electrons. The third kappa shape index (κ3) is 2.73. The smallest absolute Gasteiger partial charge is 0.192 e. The molecular formula is C15H14BO. The lowest BCUT2D eigenvalue weighted by Gasteiger charge is -2.18. The van der Waals surface area contributed by atoms with Gasteiger partial charge in [0.05, 0.1) is 0 Å². The molecule has 0 amide bonds. The number of carbonyl (C=O) groups is 1. The summed E-state index contributed by atoms with van der Waals surface area (Å²) in [5.74, 6) is -0.0644. The van der Waals surface area contributed by atoms with Gasteiger partial charge >= 0.3 is 0 Å². The molecule has 0 spiro atoms. The molecular weight excluding hydrogens is 207 g/mol. The molecule has 1 nitrogen and oxygen atoms in total. The number of carbonyl (C=O) groups excluding carboxylic acids is 1. The normalized spacial score (nSPS) is 18.5. The fourth-order valence-corrected chi connectivity index (χ4v) is 1.57. The summed E-state index contributed by atoms with van der Waals surface area (Å²) in [7, 11) is 1.84. The Labute approximate surface area is 103 Å². The van der Waals surface area contributed by atoms with Crippen LogP contribution in [0, 0.1) is 0 Å². The summed E-state index contributed by atoms with van der Waals surface area (Å²) < 4.78 is 0. The molecule has 2 heteroatoms. The Hall–Kier alpha value is -2.09. The van der Waals surface area contributed by atoms with E-state index in [2.05, 4.69) is 26.3 Å². The summed E-state index contributed by atoms with van der Waals surface area (Å²) in [6, 6.07) is 0. The van der Waals surface area contributed by atoms with E-state index in [1.807, 2.05) is 7.28 Å². The van der Waals surface area contributed by atoms with Crippen LogP contribution >= 0.6 is 0 Å². The monoisotopic (exact) mass is 221 g/mol. The van der Waals surface area contributed by atoms with E-state index in [-0.39, 0.29) is 5.78 Å². The highest BCUT2D eigenvalue weighted by atomic mass is 16.1. The topological polar surface area (TPSA) is 17.1 Å². The highest BCUT2D eigenvalue weighted by Gasteiger charge is 2.24. The lowest BCUT2D eigenvalue weighted by Crippen LogP contribution is -2.20. The minimum absolute atomic E-state index is 0.0644. The van der Waals surface area contributed by atoms with Crippen LogP contribution in [0.15, 0.2) is 84.9 Å². The Morgan fingerprint density at radius 3 is 2.35 bits per heavy atom. The van der Waals surface area contributed by atoms with Gasteiger partial charge < -0.3 is 0 Å². The number of Topliss-reactive ketones (excluding diaryl/α,β-unsaturated/α-hetero) is 1. The molecule has 1 aliphatic rings. The average molecular weight is 221 g/mol. The van der Waals surface area contributed by atoms with Crippen LogP contribution in [0.1, 0.15) is 0 Å². The molecule has 1 aliphatic heterocycles. The van der Waals surface area contributed by atoms with Crippen LogP contribution in [-0.2, 0) is 4.79 Å². The molecule has 17 heavy (non-hydrogen) atoms. The van der Waals surface area contributed by atoms with Crippen molar-refractivity contribution >= 4 is 13.1 Å². The molecule has 1 radical (unpaired) electrons. The van der Waals surface area contributed by atoms with Gasteiger partial charge in [-0.25, -0.2) is 0 Å². The second kappa shape index (κ2) is 5.85. The first-order chi connectivity index (χ1) is 8.15. The molecule has 1 heterocycles. The highest BCUT2D eigenvalue weighted by Crippen LogP contribution is 2.25. The lowest BCUT2D eigenvalue weighted by atomic mass is 9.54. The van der Waals surface area contributed by atoms with Crippen LogP contribution in [0.2, 0.25) is 0 Å². The van der Waals surface area contributed by atoms with Gasteiger partial charge in [-0.15, -0.1) is 6.58 Å². The minimum atomic E-state index is -0.0644. The zero-order valence-electron chi connectivity index (χ0n) is 9.78. The molecule has 0 fully saturated rings. The molecule has 0 saturated carbocycles. The van der Waals surface area contributed by atoms with Gasteiger partial charge in [-0.1, -0.05) is 67.1 Å². The van der Waals surface area contributed by atoms with Gasteiger partial charge in [0, 0.05) is 11.1 Å². The minimum Gasteiger partial charge on any atom is -0.289 e. The van der Waals surface area contributed by atoms with E-state index in [4.69, 9.17) is 0 Å². The van der Waals surface area contributed by atoms with Crippen LogP contribution in [0.4, 0.5) is 0 Å². The number of allylic oxidation sites excluding steroid dienone is 10. The average Bonchev–Trinajstić information content (AvgIpc) is 2.32. The number of ketones is 1. The molecule has 0 aromatic heterocycles. The fourth-order valence-electron chi connectivity index (χ4n) is 1.57. The summed E-state index contributed by atoms with van der Waals surface area (Å²) in [6.07, 6.45) is 9.98. The van der Waals surface area contributed by atoms with Crippen LogP contribution in [-0.4, -0.2) is 13.1 Å². The Bertz CT molecular complexity index is 487. The summed E-state index contributed by atoms with van der Waals surface area (Å²) in [5.41, 5.74) is 2.62. The second-order valence-corrected chi connectivity index (χ2v) is 3.48. The summed E-state index contributed by atoms with van der Waals surface area (Å²) in [6.45, 7) is 14.7. The van der Waals surface area contributed by atoms with Crippen LogP contribution < -0.4 is 0 Å². The van der Waals surface area contributed by atoms with E-state index in [9.17, 15) is 4.79 Å². The summed E-state index contributed by atoms with van der Waals surface area (Å²) >= 11 is 0. The van der Waals surface area contributed by atoms with Crippen molar-refractivity contribution < 1.29 is 4.79 Å². The quantitative estimate of drug-likeness (QED) is 0.405. The van der Waals surface area contributed by atoms with E-state index < -0.39 is 0 Å². The maximum atomic E-state index is 12.2. The van der Waals surface area contributed by atoms with Crippen LogP contribution in [0.25, 0.3) is 0 Å². The van der Waals surface area contributed by atoms with Crippen molar-refractivity contribution in [3.8, 4) is 0 Å². The van der Waals surface area contributed by atoms with Gasteiger partial charge in [0.15, 0.2) is 13.1 Å². The largest absolute Gasteiger partial charge is 0.289 e. The van der Waals surface area contributed by atoms with Crippen molar-refractivity contribution in [1.82, 2.24) is 0 Å². The third-order valence-electron chi connectivity index (χ3n) is 2.38. The Kier molecular flexibility index (Phi) is 4.47. The number of rotatable bonds is 4. The van der Waals surface area contributed by atoms with Crippen LogP contribution in [0.3, 0.4) is 0 Å². The molecule has 0 N–H and O–H groups in total. The highest BCUT2D eigenvalue weighted by molar-refractivity contribution is 6.61. The zero-order valence-corrected chi connectivity index (χ0v) is 9.78. The van der Waals surface area contributed by atoms with Crippen molar-refractivity contribution in [2.45, 2.75) is 0 Å². The first kappa shape index (κ1) is 13.0. The predicted octanol–water partition coefficient (Wildman–Crippen LogP) is 3.08. The first-order valence-electron chi connectivity index (χ1n) is 5.23. The van der Waals surface area contributed by atoms with Gasteiger partial charge in [0.25, 0.3) is 0 Å².